The molecule has 2 aromatic carbocycles. The van der Waals surface area contributed by atoms with E-state index in [9.17, 15) is 4.79 Å². The molecular weight excluding hydrogens is 390 g/mol. The predicted molar refractivity (Wildman–Crippen MR) is 123 cm³/mol. The summed E-state index contributed by atoms with van der Waals surface area (Å²) in [6.45, 7) is 4.40. The lowest BCUT2D eigenvalue weighted by molar-refractivity contribution is 0.0600. The van der Waals surface area contributed by atoms with Crippen molar-refractivity contribution in [1.29, 1.82) is 5.41 Å². The number of imidazole rings is 1. The highest BCUT2D eigenvalue weighted by Crippen LogP contribution is 2.29. The zero-order valence-corrected chi connectivity index (χ0v) is 18.3. The van der Waals surface area contributed by atoms with E-state index in [-0.39, 0.29) is 5.97 Å². The Balaban J connectivity index is 1.62. The number of benzene rings is 2. The highest BCUT2D eigenvalue weighted by Gasteiger charge is 2.26. The van der Waals surface area contributed by atoms with Crippen molar-refractivity contribution in [3.63, 3.8) is 0 Å². The van der Waals surface area contributed by atoms with Crippen molar-refractivity contribution in [1.82, 2.24) is 14.5 Å². The van der Waals surface area contributed by atoms with E-state index in [1.165, 1.54) is 7.11 Å². The van der Waals surface area contributed by atoms with Crippen LogP contribution in [-0.2, 0) is 18.3 Å². The zero-order chi connectivity index (χ0) is 22.0. The number of hydrogen-bond donors (Lipinski definition) is 1. The number of aromatic nitrogens is 2. The summed E-state index contributed by atoms with van der Waals surface area (Å²) in [5, 5.41) is 7.94. The molecular formula is C24H29N5O2. The number of nitrogens with one attached hydrogen (secondary N) is 1. The second-order valence-electron chi connectivity index (χ2n) is 8.15. The van der Waals surface area contributed by atoms with Crippen molar-refractivity contribution in [3.8, 4) is 0 Å². The van der Waals surface area contributed by atoms with Crippen LogP contribution in [0.4, 0.5) is 5.69 Å². The van der Waals surface area contributed by atoms with Crippen molar-refractivity contribution >= 4 is 28.5 Å². The SMILES string of the molecule is COC(=O)c1ccc(CN(c2ccc3ncn(C)c3c2)C2CCN(C(C)=N)CC2)cc1. The van der Waals surface area contributed by atoms with Gasteiger partial charge in [-0.25, -0.2) is 9.78 Å². The molecule has 1 fully saturated rings. The number of carbonyl (C=O) groups excluding carboxylic acids is 1. The van der Waals surface area contributed by atoms with Crippen molar-refractivity contribution in [2.45, 2.75) is 32.4 Å². The Morgan fingerprint density at radius 1 is 1.19 bits per heavy atom. The fourth-order valence-corrected chi connectivity index (χ4v) is 4.30. The molecule has 0 atom stereocenters. The normalized spacial score (nSPS) is 14.6. The number of ether oxygens (including phenoxy) is 1. The number of esters is 1. The third-order valence-corrected chi connectivity index (χ3v) is 6.15. The van der Waals surface area contributed by atoms with Gasteiger partial charge in [0.05, 0.1) is 35.9 Å². The van der Waals surface area contributed by atoms with E-state index >= 15 is 0 Å². The smallest absolute Gasteiger partial charge is 0.337 e. The molecule has 1 aromatic heterocycles. The molecule has 0 radical (unpaired) electrons. The summed E-state index contributed by atoms with van der Waals surface area (Å²) in [5.74, 6) is 0.319. The Morgan fingerprint density at radius 2 is 1.90 bits per heavy atom. The molecule has 1 saturated heterocycles. The monoisotopic (exact) mass is 419 g/mol. The minimum Gasteiger partial charge on any atom is -0.465 e. The fraction of sp³-hybridized carbons (Fsp3) is 0.375. The van der Waals surface area contributed by atoms with Gasteiger partial charge in [-0.15, -0.1) is 0 Å². The van der Waals surface area contributed by atoms with Gasteiger partial charge >= 0.3 is 5.97 Å². The van der Waals surface area contributed by atoms with E-state index in [0.717, 1.165) is 54.8 Å². The quantitative estimate of drug-likeness (QED) is 0.387. The van der Waals surface area contributed by atoms with Crippen molar-refractivity contribution in [3.05, 3.63) is 59.9 Å². The number of piperidine rings is 1. The number of methoxy groups -OCH3 is 1. The molecule has 7 heteroatoms. The molecule has 1 aliphatic heterocycles. The minimum atomic E-state index is -0.320. The Morgan fingerprint density at radius 3 is 2.55 bits per heavy atom. The van der Waals surface area contributed by atoms with E-state index in [1.807, 2.05) is 49.1 Å². The number of likely N-dealkylation sites (tertiary alicyclic amines) is 1. The van der Waals surface area contributed by atoms with Gasteiger partial charge in [0, 0.05) is 38.4 Å². The summed E-state index contributed by atoms with van der Waals surface area (Å²) in [5.41, 5.74) is 4.96. The van der Waals surface area contributed by atoms with Crippen LogP contribution in [0.15, 0.2) is 48.8 Å². The summed E-state index contributed by atoms with van der Waals surface area (Å²) < 4.78 is 6.86. The van der Waals surface area contributed by atoms with Gasteiger partial charge in [-0.2, -0.15) is 0 Å². The first-order valence-electron chi connectivity index (χ1n) is 10.6. The molecule has 3 aromatic rings. The molecule has 31 heavy (non-hydrogen) atoms. The maximum absolute atomic E-state index is 11.8. The second kappa shape index (κ2) is 8.79. The summed E-state index contributed by atoms with van der Waals surface area (Å²) in [6.07, 6.45) is 3.84. The van der Waals surface area contributed by atoms with E-state index in [2.05, 4.69) is 33.0 Å². The molecule has 0 saturated carbocycles. The summed E-state index contributed by atoms with van der Waals surface area (Å²) >= 11 is 0. The number of amidine groups is 1. The molecule has 0 amide bonds. The van der Waals surface area contributed by atoms with Crippen LogP contribution in [0.25, 0.3) is 11.0 Å². The number of hydrogen-bond acceptors (Lipinski definition) is 5. The number of fused-ring (bicyclic) bond motifs is 1. The number of carbonyl (C=O) groups is 1. The maximum atomic E-state index is 11.8. The standard InChI is InChI=1S/C24H29N5O2/c1-17(25)28-12-10-20(11-13-28)29(15-18-4-6-19(7-5-18)24(30)31-3)21-8-9-22-23(14-21)27(2)16-26-22/h4-9,14,16,20,25H,10-13,15H2,1-3H3. The Hall–Kier alpha value is -3.35. The van der Waals surface area contributed by atoms with Crippen LogP contribution < -0.4 is 4.90 Å². The number of anilines is 1. The molecule has 0 spiro atoms. The molecule has 0 unspecified atom stereocenters. The van der Waals surface area contributed by atoms with Gasteiger partial charge < -0.3 is 19.1 Å². The lowest BCUT2D eigenvalue weighted by Crippen LogP contribution is -2.46. The van der Waals surface area contributed by atoms with E-state index in [1.54, 1.807) is 0 Å². The summed E-state index contributed by atoms with van der Waals surface area (Å²) in [4.78, 5) is 20.8. The lowest BCUT2D eigenvalue weighted by Gasteiger charge is -2.40. The number of nitrogens with zero attached hydrogens (tertiary/aromatic N) is 4. The largest absolute Gasteiger partial charge is 0.465 e. The Bertz CT molecular complexity index is 1080. The number of rotatable bonds is 5. The van der Waals surface area contributed by atoms with Crippen molar-refractivity contribution < 1.29 is 9.53 Å². The third-order valence-electron chi connectivity index (χ3n) is 6.15. The topological polar surface area (TPSA) is 74.5 Å². The van der Waals surface area contributed by atoms with Crippen LogP contribution in [0, 0.1) is 5.41 Å². The van der Waals surface area contributed by atoms with Crippen molar-refractivity contribution in [2.24, 2.45) is 7.05 Å². The second-order valence-corrected chi connectivity index (χ2v) is 8.15. The van der Waals surface area contributed by atoms with Gasteiger partial charge in [0.25, 0.3) is 0 Å². The van der Waals surface area contributed by atoms with Gasteiger partial charge in [-0.1, -0.05) is 12.1 Å². The maximum Gasteiger partial charge on any atom is 0.337 e. The first-order chi connectivity index (χ1) is 15.0. The van der Waals surface area contributed by atoms with Crippen LogP contribution in [0.2, 0.25) is 0 Å². The molecule has 2 heterocycles. The fourth-order valence-electron chi connectivity index (χ4n) is 4.30. The number of aryl methyl sites for hydroxylation is 1. The average Bonchev–Trinajstić information content (AvgIpc) is 3.17. The summed E-state index contributed by atoms with van der Waals surface area (Å²) in [7, 11) is 3.41. The van der Waals surface area contributed by atoms with Gasteiger partial charge in [0.15, 0.2) is 0 Å². The Labute approximate surface area is 182 Å². The molecule has 162 valence electrons. The van der Waals surface area contributed by atoms with Gasteiger partial charge in [0.1, 0.15) is 0 Å². The van der Waals surface area contributed by atoms with Gasteiger partial charge in [0.2, 0.25) is 0 Å². The van der Waals surface area contributed by atoms with Gasteiger partial charge in [-0.3, -0.25) is 5.41 Å². The van der Waals surface area contributed by atoms with Crippen LogP contribution >= 0.6 is 0 Å². The van der Waals surface area contributed by atoms with Crippen LogP contribution in [0.5, 0.6) is 0 Å². The van der Waals surface area contributed by atoms with E-state index < -0.39 is 0 Å². The molecule has 7 nitrogen and oxygen atoms in total. The van der Waals surface area contributed by atoms with Crippen LogP contribution in [0.1, 0.15) is 35.7 Å². The minimum absolute atomic E-state index is 0.320. The average molecular weight is 420 g/mol. The molecule has 1 N–H and O–H groups in total. The lowest BCUT2D eigenvalue weighted by atomic mass is 10.0. The van der Waals surface area contributed by atoms with Gasteiger partial charge in [-0.05, 0) is 55.7 Å². The highest BCUT2D eigenvalue weighted by molar-refractivity contribution is 5.89. The van der Waals surface area contributed by atoms with E-state index in [4.69, 9.17) is 10.1 Å². The van der Waals surface area contributed by atoms with E-state index in [0.29, 0.717) is 17.4 Å². The molecule has 1 aliphatic rings. The Kier molecular flexibility index (Phi) is 5.93. The summed E-state index contributed by atoms with van der Waals surface area (Å²) in [6, 6.07) is 14.5. The molecule has 0 bridgehead atoms. The first-order valence-corrected chi connectivity index (χ1v) is 10.6. The molecule has 0 aliphatic carbocycles. The van der Waals surface area contributed by atoms with Crippen LogP contribution in [0.3, 0.4) is 0 Å². The molecule has 4 rings (SSSR count). The van der Waals surface area contributed by atoms with Crippen molar-refractivity contribution in [2.75, 3.05) is 25.1 Å². The van der Waals surface area contributed by atoms with Crippen LogP contribution in [-0.4, -0.2) is 52.5 Å². The highest BCUT2D eigenvalue weighted by atomic mass is 16.5. The third kappa shape index (κ3) is 4.40. The zero-order valence-electron chi connectivity index (χ0n) is 18.3. The predicted octanol–water partition coefficient (Wildman–Crippen LogP) is 3.83. The first kappa shape index (κ1) is 20.9.